The van der Waals surface area contributed by atoms with Gasteiger partial charge in [-0.25, -0.2) is 9.59 Å². The van der Waals surface area contributed by atoms with Gasteiger partial charge in [0.05, 0.1) is 5.88 Å². The van der Waals surface area contributed by atoms with E-state index in [1.165, 1.54) is 0 Å². The minimum Gasteiger partial charge on any atom is -0.465 e. The second-order valence-corrected chi connectivity index (χ2v) is 3.08. The molecular weight excluding hydrogens is 224 g/mol. The van der Waals surface area contributed by atoms with Crippen LogP contribution in [-0.2, 0) is 0 Å². The van der Waals surface area contributed by atoms with Crippen molar-refractivity contribution in [1.29, 1.82) is 0 Å². The van der Waals surface area contributed by atoms with E-state index in [0.717, 1.165) is 9.80 Å². The van der Waals surface area contributed by atoms with Crippen LogP contribution in [-0.4, -0.2) is 57.3 Å². The van der Waals surface area contributed by atoms with Crippen LogP contribution in [0.15, 0.2) is 0 Å². The highest BCUT2D eigenvalue weighted by atomic mass is 35.5. The monoisotopic (exact) mass is 238 g/mol. The van der Waals surface area contributed by atoms with Crippen LogP contribution >= 0.6 is 11.6 Å². The van der Waals surface area contributed by atoms with Crippen molar-refractivity contribution < 1.29 is 19.8 Å². The first kappa shape index (κ1) is 13.8. The molecule has 0 saturated carbocycles. The van der Waals surface area contributed by atoms with Crippen LogP contribution in [0.2, 0.25) is 0 Å². The molecule has 88 valence electrons. The summed E-state index contributed by atoms with van der Waals surface area (Å²) in [5, 5.41) is 17.7. The van der Waals surface area contributed by atoms with Gasteiger partial charge in [-0.05, 0) is 13.8 Å². The maximum Gasteiger partial charge on any atom is 0.408 e. The lowest BCUT2D eigenvalue weighted by molar-refractivity contribution is 0.0591. The number of rotatable bonds is 5. The quantitative estimate of drug-likeness (QED) is 0.563. The van der Waals surface area contributed by atoms with Crippen LogP contribution < -0.4 is 0 Å². The Labute approximate surface area is 93.0 Å². The first-order chi connectivity index (χ1) is 6.99. The average molecular weight is 239 g/mol. The Morgan fingerprint density at radius 3 is 1.60 bits per heavy atom. The molecule has 0 aliphatic carbocycles. The summed E-state index contributed by atoms with van der Waals surface area (Å²) in [7, 11) is 0. The summed E-state index contributed by atoms with van der Waals surface area (Å²) >= 11 is 5.59. The normalized spacial score (nSPS) is 10.1. The van der Waals surface area contributed by atoms with E-state index in [1.54, 1.807) is 13.8 Å². The molecule has 2 N–H and O–H groups in total. The highest BCUT2D eigenvalue weighted by molar-refractivity contribution is 6.18. The minimum absolute atomic E-state index is 0.0831. The van der Waals surface area contributed by atoms with Crippen LogP contribution in [0.5, 0.6) is 0 Å². The Bertz CT molecular complexity index is 215. The van der Waals surface area contributed by atoms with E-state index in [9.17, 15) is 9.59 Å². The maximum atomic E-state index is 10.8. The molecule has 0 radical (unpaired) electrons. The molecule has 0 rings (SSSR count). The van der Waals surface area contributed by atoms with E-state index < -0.39 is 18.4 Å². The number of nitrogens with zero attached hydrogens (tertiary/aromatic N) is 2. The molecular formula is C8H15ClN2O4. The second-order valence-electron chi connectivity index (χ2n) is 2.77. The van der Waals surface area contributed by atoms with Gasteiger partial charge in [-0.1, -0.05) is 0 Å². The van der Waals surface area contributed by atoms with Gasteiger partial charge in [0, 0.05) is 13.1 Å². The summed E-state index contributed by atoms with van der Waals surface area (Å²) in [6.45, 7) is 3.64. The fraction of sp³-hybridized carbons (Fsp3) is 0.750. The van der Waals surface area contributed by atoms with Gasteiger partial charge in [-0.2, -0.15) is 0 Å². The summed E-state index contributed by atoms with van der Waals surface area (Å²) in [6, 6.07) is 0. The fourth-order valence-corrected chi connectivity index (χ4v) is 1.62. The van der Waals surface area contributed by atoms with Crippen molar-refractivity contribution in [2.75, 3.05) is 19.0 Å². The van der Waals surface area contributed by atoms with Crippen molar-refractivity contribution in [2.24, 2.45) is 0 Å². The van der Waals surface area contributed by atoms with Gasteiger partial charge >= 0.3 is 12.2 Å². The molecule has 7 heteroatoms. The molecule has 0 atom stereocenters. The first-order valence-corrected chi connectivity index (χ1v) is 5.08. The lowest BCUT2D eigenvalue weighted by atomic mass is 10.4. The number of hydrogen-bond donors (Lipinski definition) is 2. The van der Waals surface area contributed by atoms with E-state index in [-0.39, 0.29) is 19.0 Å². The van der Waals surface area contributed by atoms with Gasteiger partial charge in [0.15, 0.2) is 0 Å². The van der Waals surface area contributed by atoms with E-state index in [1.807, 2.05) is 0 Å². The molecule has 0 spiro atoms. The molecule has 0 aliphatic heterocycles. The zero-order valence-corrected chi connectivity index (χ0v) is 9.44. The largest absolute Gasteiger partial charge is 0.465 e. The summed E-state index contributed by atoms with van der Waals surface area (Å²) in [5.74, 6) is -0.0831. The third-order valence-corrected chi connectivity index (χ3v) is 2.31. The highest BCUT2D eigenvalue weighted by Crippen LogP contribution is 2.09. The molecule has 0 aliphatic rings. The number of amides is 2. The number of carboxylic acid groups (broad SMARTS) is 2. The number of carbonyl (C=O) groups is 2. The Kier molecular flexibility index (Phi) is 5.84. The zero-order chi connectivity index (χ0) is 12.0. The van der Waals surface area contributed by atoms with Crippen molar-refractivity contribution in [1.82, 2.24) is 9.80 Å². The maximum absolute atomic E-state index is 10.8. The Balaban J connectivity index is 4.84. The smallest absolute Gasteiger partial charge is 0.408 e. The number of alkyl halides is 1. The zero-order valence-electron chi connectivity index (χ0n) is 8.68. The van der Waals surface area contributed by atoms with E-state index in [0.29, 0.717) is 0 Å². The molecule has 0 aromatic carbocycles. The van der Waals surface area contributed by atoms with Gasteiger partial charge in [-0.15, -0.1) is 11.6 Å². The lowest BCUT2D eigenvalue weighted by Gasteiger charge is -2.34. The van der Waals surface area contributed by atoms with Gasteiger partial charge in [0.25, 0.3) is 0 Å². The second kappa shape index (κ2) is 6.34. The molecule has 0 aromatic rings. The molecule has 2 amide bonds. The van der Waals surface area contributed by atoms with Crippen molar-refractivity contribution in [2.45, 2.75) is 20.0 Å². The minimum atomic E-state index is -1.18. The van der Waals surface area contributed by atoms with Gasteiger partial charge < -0.3 is 10.2 Å². The molecule has 0 fully saturated rings. The van der Waals surface area contributed by atoms with Crippen LogP contribution in [0.3, 0.4) is 0 Å². The van der Waals surface area contributed by atoms with Crippen molar-refractivity contribution in [3.8, 4) is 0 Å². The molecule has 0 bridgehead atoms. The molecule has 0 aromatic heterocycles. The molecule has 0 heterocycles. The van der Waals surface area contributed by atoms with Crippen molar-refractivity contribution >= 4 is 23.8 Å². The van der Waals surface area contributed by atoms with Gasteiger partial charge in [-0.3, -0.25) is 9.80 Å². The molecule has 6 nitrogen and oxygen atoms in total. The fourth-order valence-electron chi connectivity index (χ4n) is 1.28. The number of halogens is 1. The Hall–Kier alpha value is -1.17. The van der Waals surface area contributed by atoms with E-state index in [4.69, 9.17) is 21.8 Å². The van der Waals surface area contributed by atoms with Crippen molar-refractivity contribution in [3.05, 3.63) is 0 Å². The summed E-state index contributed by atoms with van der Waals surface area (Å²) in [6.07, 6.45) is -3.19. The predicted molar refractivity (Wildman–Crippen MR) is 55.3 cm³/mol. The third kappa shape index (κ3) is 3.47. The van der Waals surface area contributed by atoms with E-state index in [2.05, 4.69) is 0 Å². The summed E-state index contributed by atoms with van der Waals surface area (Å²) in [4.78, 5) is 23.6. The SMILES string of the molecule is CCN(C(=O)O)C(CCl)N(CC)C(=O)O. The Morgan fingerprint density at radius 1 is 1.13 bits per heavy atom. The third-order valence-electron chi connectivity index (χ3n) is 2.03. The standard InChI is InChI=1S/C8H15ClN2O4/c1-3-10(7(12)13)6(5-9)11(4-2)8(14)15/h6H,3-5H2,1-2H3,(H,12,13)(H,14,15). The summed E-state index contributed by atoms with van der Waals surface area (Å²) < 4.78 is 0. The van der Waals surface area contributed by atoms with Crippen molar-refractivity contribution in [3.63, 3.8) is 0 Å². The van der Waals surface area contributed by atoms with Crippen LogP contribution in [0.1, 0.15) is 13.8 Å². The Morgan fingerprint density at radius 2 is 1.47 bits per heavy atom. The first-order valence-electron chi connectivity index (χ1n) is 4.54. The lowest BCUT2D eigenvalue weighted by Crippen LogP contribution is -2.53. The summed E-state index contributed by atoms with van der Waals surface area (Å²) in [5.41, 5.74) is 0. The van der Waals surface area contributed by atoms with Gasteiger partial charge in [0.2, 0.25) is 0 Å². The molecule has 0 saturated heterocycles. The molecule has 15 heavy (non-hydrogen) atoms. The van der Waals surface area contributed by atoms with Gasteiger partial charge in [0.1, 0.15) is 6.17 Å². The molecule has 0 unspecified atom stereocenters. The van der Waals surface area contributed by atoms with Crippen LogP contribution in [0.4, 0.5) is 9.59 Å². The number of hydrogen-bond acceptors (Lipinski definition) is 2. The highest BCUT2D eigenvalue weighted by Gasteiger charge is 2.29. The predicted octanol–water partition coefficient (Wildman–Crippen LogP) is 1.55. The van der Waals surface area contributed by atoms with Crippen LogP contribution in [0.25, 0.3) is 0 Å². The van der Waals surface area contributed by atoms with E-state index >= 15 is 0 Å². The average Bonchev–Trinajstić information content (AvgIpc) is 2.16. The van der Waals surface area contributed by atoms with Crippen LogP contribution in [0, 0.1) is 0 Å². The topological polar surface area (TPSA) is 81.1 Å².